The highest BCUT2D eigenvalue weighted by Gasteiger charge is 2.19. The van der Waals surface area contributed by atoms with E-state index < -0.39 is 6.10 Å². The second-order valence-electron chi connectivity index (χ2n) is 23.8. The molecule has 1 unspecified atom stereocenters. The fourth-order valence-electron chi connectivity index (χ4n) is 10.3. The Morgan fingerprint density at radius 2 is 0.470 bits per heavy atom. The Morgan fingerprint density at radius 3 is 0.735 bits per heavy atom. The third-order valence-electron chi connectivity index (χ3n) is 15.6. The van der Waals surface area contributed by atoms with E-state index in [0.29, 0.717) is 19.3 Å². The van der Waals surface area contributed by atoms with Crippen molar-refractivity contribution in [2.45, 2.75) is 361 Å². The summed E-state index contributed by atoms with van der Waals surface area (Å²) in [5, 5.41) is 0. The van der Waals surface area contributed by atoms with E-state index in [9.17, 15) is 14.4 Å². The summed E-state index contributed by atoms with van der Waals surface area (Å²) < 4.78 is 17.0. The number of ether oxygens (including phenoxy) is 3. The lowest BCUT2D eigenvalue weighted by Gasteiger charge is -2.18. The molecular weight excluding hydrogens is 1020 g/mol. The van der Waals surface area contributed by atoms with Crippen LogP contribution in [0.2, 0.25) is 0 Å². The molecule has 0 bridgehead atoms. The minimum atomic E-state index is -0.787. The van der Waals surface area contributed by atoms with Crippen LogP contribution in [0.4, 0.5) is 0 Å². The van der Waals surface area contributed by atoms with Crippen LogP contribution in [0.5, 0.6) is 0 Å². The first-order chi connectivity index (χ1) is 41.0. The molecule has 0 rings (SSSR count). The molecule has 0 aliphatic carbocycles. The van der Waals surface area contributed by atoms with E-state index in [0.717, 1.165) is 122 Å². The smallest absolute Gasteiger partial charge is 0.306 e. The fourth-order valence-corrected chi connectivity index (χ4v) is 10.3. The van der Waals surface area contributed by atoms with Gasteiger partial charge in [0.1, 0.15) is 13.2 Å². The van der Waals surface area contributed by atoms with Gasteiger partial charge in [-0.1, -0.05) is 349 Å². The molecule has 1 atom stereocenters. The molecule has 0 aromatic heterocycles. The van der Waals surface area contributed by atoms with Gasteiger partial charge < -0.3 is 14.2 Å². The SMILES string of the molecule is CC/C=C\C/C=C\C/C=C\C/C=C\C/C=C\C/C=C\C/C=C\C/C=C\CCCCCCC(=O)OCC(COC(=O)CCCCCCCCCCCCCCCCCCCC)OC(=O)CCCCCCCCCCCCCCCCCCCC. The summed E-state index contributed by atoms with van der Waals surface area (Å²) in [5.74, 6) is -0.885. The number of unbranched alkanes of at least 4 members (excludes halogenated alkanes) is 38. The molecule has 0 spiro atoms. The number of esters is 3. The number of carbonyl (C=O) groups excluding carboxylic acids is 3. The van der Waals surface area contributed by atoms with Crippen molar-refractivity contribution < 1.29 is 28.6 Å². The summed E-state index contributed by atoms with van der Waals surface area (Å²) >= 11 is 0. The van der Waals surface area contributed by atoms with Crippen LogP contribution in [0.25, 0.3) is 0 Å². The van der Waals surface area contributed by atoms with Crippen LogP contribution in [-0.2, 0) is 28.6 Å². The van der Waals surface area contributed by atoms with E-state index in [4.69, 9.17) is 14.2 Å². The van der Waals surface area contributed by atoms with Crippen LogP contribution in [0.15, 0.2) is 97.2 Å². The van der Waals surface area contributed by atoms with Crippen molar-refractivity contribution in [2.75, 3.05) is 13.2 Å². The molecule has 0 radical (unpaired) electrons. The van der Waals surface area contributed by atoms with E-state index in [1.54, 1.807) is 0 Å². The van der Waals surface area contributed by atoms with E-state index in [1.807, 2.05) is 0 Å². The van der Waals surface area contributed by atoms with Crippen molar-refractivity contribution >= 4 is 17.9 Å². The summed E-state index contributed by atoms with van der Waals surface area (Å²) in [4.78, 5) is 38.5. The lowest BCUT2D eigenvalue weighted by Crippen LogP contribution is -2.30. The zero-order chi connectivity index (χ0) is 59.9. The average Bonchev–Trinajstić information content (AvgIpc) is 3.49. The Hall–Kier alpha value is -3.67. The monoisotopic (exact) mass is 1160 g/mol. The predicted octanol–water partition coefficient (Wildman–Crippen LogP) is 24.8. The molecule has 478 valence electrons. The van der Waals surface area contributed by atoms with Crippen LogP contribution in [0.1, 0.15) is 355 Å². The Morgan fingerprint density at radius 1 is 0.253 bits per heavy atom. The largest absolute Gasteiger partial charge is 0.462 e. The van der Waals surface area contributed by atoms with Crippen molar-refractivity contribution in [3.05, 3.63) is 97.2 Å². The quantitative estimate of drug-likeness (QED) is 0.0261. The number of hydrogen-bond donors (Lipinski definition) is 0. The molecule has 6 heteroatoms. The molecule has 83 heavy (non-hydrogen) atoms. The van der Waals surface area contributed by atoms with Crippen molar-refractivity contribution in [1.82, 2.24) is 0 Å². The lowest BCUT2D eigenvalue weighted by atomic mass is 10.0. The van der Waals surface area contributed by atoms with Crippen molar-refractivity contribution in [3.8, 4) is 0 Å². The van der Waals surface area contributed by atoms with Crippen molar-refractivity contribution in [3.63, 3.8) is 0 Å². The zero-order valence-corrected chi connectivity index (χ0v) is 54.9. The van der Waals surface area contributed by atoms with Gasteiger partial charge in [0, 0.05) is 19.3 Å². The molecule has 0 saturated carbocycles. The number of carbonyl (C=O) groups is 3. The van der Waals surface area contributed by atoms with Crippen LogP contribution in [0.3, 0.4) is 0 Å². The van der Waals surface area contributed by atoms with Crippen LogP contribution >= 0.6 is 0 Å². The minimum absolute atomic E-state index is 0.0805. The van der Waals surface area contributed by atoms with Crippen molar-refractivity contribution in [2.24, 2.45) is 0 Å². The molecule has 0 saturated heterocycles. The highest BCUT2D eigenvalue weighted by Crippen LogP contribution is 2.18. The summed E-state index contributed by atoms with van der Waals surface area (Å²) in [6.07, 6.45) is 95.7. The van der Waals surface area contributed by atoms with Gasteiger partial charge in [-0.3, -0.25) is 14.4 Å². The normalized spacial score (nSPS) is 12.7. The van der Waals surface area contributed by atoms with Crippen molar-refractivity contribution in [1.29, 1.82) is 0 Å². The van der Waals surface area contributed by atoms with Crippen LogP contribution in [0, 0.1) is 0 Å². The Bertz CT molecular complexity index is 1610. The van der Waals surface area contributed by atoms with Gasteiger partial charge in [-0.2, -0.15) is 0 Å². The van der Waals surface area contributed by atoms with Crippen LogP contribution in [-0.4, -0.2) is 37.2 Å². The van der Waals surface area contributed by atoms with Gasteiger partial charge >= 0.3 is 17.9 Å². The lowest BCUT2D eigenvalue weighted by molar-refractivity contribution is -0.167. The van der Waals surface area contributed by atoms with Gasteiger partial charge in [0.2, 0.25) is 0 Å². The van der Waals surface area contributed by atoms with Crippen LogP contribution < -0.4 is 0 Å². The molecule has 0 aromatic carbocycles. The summed E-state index contributed by atoms with van der Waals surface area (Å²) in [6, 6.07) is 0. The number of hydrogen-bond acceptors (Lipinski definition) is 6. The molecule has 0 N–H and O–H groups in total. The van der Waals surface area contributed by atoms with E-state index >= 15 is 0 Å². The highest BCUT2D eigenvalue weighted by molar-refractivity contribution is 5.71. The maximum absolute atomic E-state index is 13.0. The Kier molecular flexibility index (Phi) is 67.7. The number of rotatable bonds is 65. The first kappa shape index (κ1) is 79.3. The third-order valence-corrected chi connectivity index (χ3v) is 15.6. The predicted molar refractivity (Wildman–Crippen MR) is 362 cm³/mol. The van der Waals surface area contributed by atoms with Gasteiger partial charge in [0.15, 0.2) is 6.10 Å². The molecule has 6 nitrogen and oxygen atoms in total. The number of allylic oxidation sites excluding steroid dienone is 16. The molecule has 0 aliphatic heterocycles. The summed E-state index contributed by atoms with van der Waals surface area (Å²) in [6.45, 7) is 6.56. The van der Waals surface area contributed by atoms with E-state index in [1.165, 1.54) is 193 Å². The average molecular weight is 1160 g/mol. The van der Waals surface area contributed by atoms with E-state index in [-0.39, 0.29) is 31.1 Å². The topological polar surface area (TPSA) is 78.9 Å². The molecule has 0 fully saturated rings. The molecule has 0 heterocycles. The van der Waals surface area contributed by atoms with Gasteiger partial charge in [0.05, 0.1) is 0 Å². The molecule has 0 amide bonds. The van der Waals surface area contributed by atoms with Gasteiger partial charge in [-0.25, -0.2) is 0 Å². The summed E-state index contributed by atoms with van der Waals surface area (Å²) in [7, 11) is 0. The van der Waals surface area contributed by atoms with Gasteiger partial charge in [-0.05, 0) is 83.5 Å². The summed E-state index contributed by atoms with van der Waals surface area (Å²) in [5.41, 5.74) is 0. The third kappa shape index (κ3) is 69.0. The Balaban J connectivity index is 4.38. The maximum atomic E-state index is 13.0. The standard InChI is InChI=1S/C77H134O6/c1-4-7-10-13-16-19-22-25-28-31-34-35-36-37-38-39-40-41-42-43-44-47-49-52-55-58-61-64-67-70-76(79)82-73-74(83-77(80)71-68-65-62-59-56-53-50-46-33-30-27-24-21-18-15-12-9-6-3)72-81-75(78)69-66-63-60-57-54-51-48-45-32-29-26-23-20-17-14-11-8-5-2/h7,10,16,19,25,28,34-35,37-38,40-41,43-44,49,52,74H,4-6,8-9,11-15,17-18,20-24,26-27,29-33,36,39,42,45-48,50-51,53-73H2,1-3H3/b10-7-,19-16-,28-25-,35-34-,38-37-,41-40-,44-43-,52-49-. The second kappa shape index (κ2) is 70.8. The van der Waals surface area contributed by atoms with Gasteiger partial charge in [0.25, 0.3) is 0 Å². The highest BCUT2D eigenvalue weighted by atomic mass is 16.6. The zero-order valence-electron chi connectivity index (χ0n) is 54.9. The second-order valence-corrected chi connectivity index (χ2v) is 23.8. The minimum Gasteiger partial charge on any atom is -0.462 e. The first-order valence-electron chi connectivity index (χ1n) is 35.7. The molecule has 0 aliphatic rings. The molecule has 0 aromatic rings. The van der Waals surface area contributed by atoms with Gasteiger partial charge in [-0.15, -0.1) is 0 Å². The Labute approximate surface area is 515 Å². The molecular formula is C77H134O6. The van der Waals surface area contributed by atoms with E-state index in [2.05, 4.69) is 118 Å². The maximum Gasteiger partial charge on any atom is 0.306 e. The fraction of sp³-hybridized carbons (Fsp3) is 0.753. The first-order valence-corrected chi connectivity index (χ1v) is 35.7.